The van der Waals surface area contributed by atoms with Gasteiger partial charge in [0, 0.05) is 19.2 Å². The van der Waals surface area contributed by atoms with Gasteiger partial charge in [-0.2, -0.15) is 0 Å². The summed E-state index contributed by atoms with van der Waals surface area (Å²) in [6, 6.07) is 6.13. The Labute approximate surface area is 106 Å². The lowest BCUT2D eigenvalue weighted by atomic mass is 9.91. The van der Waals surface area contributed by atoms with Crippen LogP contribution in [0.15, 0.2) is 24.3 Å². The molecule has 0 aliphatic heterocycles. The van der Waals surface area contributed by atoms with Gasteiger partial charge >= 0.3 is 5.97 Å². The number of carbonyl (C=O) groups excluding carboxylic acids is 1. The molecule has 0 spiro atoms. The van der Waals surface area contributed by atoms with Gasteiger partial charge in [0.15, 0.2) is 0 Å². The van der Waals surface area contributed by atoms with Gasteiger partial charge in [-0.1, -0.05) is 18.2 Å². The highest BCUT2D eigenvalue weighted by molar-refractivity contribution is 5.82. The van der Waals surface area contributed by atoms with E-state index in [-0.39, 0.29) is 5.56 Å². The number of methoxy groups -OCH3 is 2. The summed E-state index contributed by atoms with van der Waals surface area (Å²) in [5, 5.41) is 2.97. The number of benzene rings is 1. The van der Waals surface area contributed by atoms with Crippen LogP contribution < -0.4 is 5.32 Å². The van der Waals surface area contributed by atoms with Crippen LogP contribution in [0.5, 0.6) is 0 Å². The van der Waals surface area contributed by atoms with Gasteiger partial charge in [-0.05, 0) is 13.0 Å². The fourth-order valence-electron chi connectivity index (χ4n) is 1.75. The van der Waals surface area contributed by atoms with Crippen molar-refractivity contribution >= 4 is 5.97 Å². The summed E-state index contributed by atoms with van der Waals surface area (Å²) in [6.45, 7) is 2.42. The standard InChI is InChI=1S/C13H18FNO3/c1-13(12(16)18-3,15-8-9-17-2)10-6-4-5-7-11(10)14/h4-7,15H,8-9H2,1-3H3. The third-order valence-corrected chi connectivity index (χ3v) is 2.79. The minimum Gasteiger partial charge on any atom is -0.467 e. The van der Waals surface area contributed by atoms with Crippen LogP contribution in [0.2, 0.25) is 0 Å². The molecule has 1 rings (SSSR count). The quantitative estimate of drug-likeness (QED) is 0.617. The number of halogens is 1. The lowest BCUT2D eigenvalue weighted by Gasteiger charge is -2.28. The van der Waals surface area contributed by atoms with E-state index in [1.54, 1.807) is 32.2 Å². The number of nitrogens with one attached hydrogen (secondary N) is 1. The molecule has 0 aliphatic carbocycles. The van der Waals surface area contributed by atoms with Crippen molar-refractivity contribution in [2.45, 2.75) is 12.5 Å². The molecule has 1 aromatic carbocycles. The molecule has 0 bridgehead atoms. The van der Waals surface area contributed by atoms with E-state index in [0.29, 0.717) is 13.2 Å². The second-order valence-electron chi connectivity index (χ2n) is 4.02. The molecule has 100 valence electrons. The maximum absolute atomic E-state index is 13.8. The van der Waals surface area contributed by atoms with Crippen LogP contribution in [0.3, 0.4) is 0 Å². The third-order valence-electron chi connectivity index (χ3n) is 2.79. The van der Waals surface area contributed by atoms with Gasteiger partial charge in [0.05, 0.1) is 13.7 Å². The summed E-state index contributed by atoms with van der Waals surface area (Å²) < 4.78 is 23.5. The molecule has 1 unspecified atom stereocenters. The Morgan fingerprint density at radius 3 is 2.61 bits per heavy atom. The molecule has 0 saturated heterocycles. The predicted molar refractivity (Wildman–Crippen MR) is 65.6 cm³/mol. The topological polar surface area (TPSA) is 47.6 Å². The van der Waals surface area contributed by atoms with E-state index in [0.717, 1.165) is 0 Å². The third kappa shape index (κ3) is 3.05. The van der Waals surface area contributed by atoms with Gasteiger partial charge in [0.1, 0.15) is 11.4 Å². The number of rotatable bonds is 6. The highest BCUT2D eigenvalue weighted by Crippen LogP contribution is 2.24. The zero-order chi connectivity index (χ0) is 13.6. The monoisotopic (exact) mass is 255 g/mol. The SMILES string of the molecule is COCCNC(C)(C(=O)OC)c1ccccc1F. The van der Waals surface area contributed by atoms with Crippen molar-refractivity contribution in [1.82, 2.24) is 5.32 Å². The molecule has 4 nitrogen and oxygen atoms in total. The molecule has 5 heteroatoms. The number of hydrogen-bond donors (Lipinski definition) is 1. The van der Waals surface area contributed by atoms with E-state index < -0.39 is 17.3 Å². The summed E-state index contributed by atoms with van der Waals surface area (Å²) in [5.74, 6) is -0.987. The van der Waals surface area contributed by atoms with Crippen LogP contribution >= 0.6 is 0 Å². The van der Waals surface area contributed by atoms with E-state index in [4.69, 9.17) is 9.47 Å². The first-order chi connectivity index (χ1) is 8.56. The molecule has 0 saturated carbocycles. The molecule has 1 N–H and O–H groups in total. The van der Waals surface area contributed by atoms with Gasteiger partial charge in [-0.25, -0.2) is 9.18 Å². The number of esters is 1. The van der Waals surface area contributed by atoms with E-state index in [9.17, 15) is 9.18 Å². The van der Waals surface area contributed by atoms with Crippen LogP contribution in [0.25, 0.3) is 0 Å². The molecule has 0 fully saturated rings. The molecule has 0 aliphatic rings. The highest BCUT2D eigenvalue weighted by Gasteiger charge is 2.37. The molecule has 0 amide bonds. The van der Waals surface area contributed by atoms with Crippen LogP contribution in [-0.2, 0) is 19.8 Å². The van der Waals surface area contributed by atoms with Crippen LogP contribution in [0.1, 0.15) is 12.5 Å². The molecule has 0 radical (unpaired) electrons. The fraction of sp³-hybridized carbons (Fsp3) is 0.462. The largest absolute Gasteiger partial charge is 0.467 e. The van der Waals surface area contributed by atoms with Crippen molar-refractivity contribution in [2.75, 3.05) is 27.4 Å². The molecule has 1 aromatic rings. The van der Waals surface area contributed by atoms with Crippen molar-refractivity contribution in [3.05, 3.63) is 35.6 Å². The van der Waals surface area contributed by atoms with E-state index in [1.165, 1.54) is 13.2 Å². The fourth-order valence-corrected chi connectivity index (χ4v) is 1.75. The van der Waals surface area contributed by atoms with E-state index in [1.807, 2.05) is 0 Å². The minimum absolute atomic E-state index is 0.257. The first-order valence-corrected chi connectivity index (χ1v) is 5.63. The Balaban J connectivity index is 3.04. The summed E-state index contributed by atoms with van der Waals surface area (Å²) in [6.07, 6.45) is 0. The van der Waals surface area contributed by atoms with Gasteiger partial charge in [-0.3, -0.25) is 5.32 Å². The van der Waals surface area contributed by atoms with E-state index in [2.05, 4.69) is 5.32 Å². The highest BCUT2D eigenvalue weighted by atomic mass is 19.1. The number of carbonyl (C=O) groups is 1. The zero-order valence-corrected chi connectivity index (χ0v) is 10.8. The van der Waals surface area contributed by atoms with Crippen molar-refractivity contribution in [2.24, 2.45) is 0 Å². The molecule has 0 heterocycles. The van der Waals surface area contributed by atoms with Gasteiger partial charge in [0.2, 0.25) is 0 Å². The van der Waals surface area contributed by atoms with Gasteiger partial charge in [-0.15, -0.1) is 0 Å². The molecule has 18 heavy (non-hydrogen) atoms. The smallest absolute Gasteiger partial charge is 0.330 e. The summed E-state index contributed by atoms with van der Waals surface area (Å²) in [5.41, 5.74) is -0.966. The minimum atomic E-state index is -1.22. The maximum Gasteiger partial charge on any atom is 0.330 e. The van der Waals surface area contributed by atoms with Crippen LogP contribution in [-0.4, -0.2) is 33.3 Å². The van der Waals surface area contributed by atoms with E-state index >= 15 is 0 Å². The average Bonchev–Trinajstić information content (AvgIpc) is 2.38. The second-order valence-corrected chi connectivity index (χ2v) is 4.02. The van der Waals surface area contributed by atoms with Crippen molar-refractivity contribution in [3.63, 3.8) is 0 Å². The molecular weight excluding hydrogens is 237 g/mol. The Kier molecular flexibility index (Phi) is 5.25. The van der Waals surface area contributed by atoms with Crippen molar-refractivity contribution in [3.8, 4) is 0 Å². The number of ether oxygens (including phenoxy) is 2. The summed E-state index contributed by atoms with van der Waals surface area (Å²) in [4.78, 5) is 11.9. The Morgan fingerprint density at radius 1 is 1.39 bits per heavy atom. The second kappa shape index (κ2) is 6.47. The first kappa shape index (κ1) is 14.6. The lowest BCUT2D eigenvalue weighted by molar-refractivity contribution is -0.148. The van der Waals surface area contributed by atoms with Crippen LogP contribution in [0, 0.1) is 5.82 Å². The van der Waals surface area contributed by atoms with Crippen LogP contribution in [0.4, 0.5) is 4.39 Å². The molecule has 1 atom stereocenters. The van der Waals surface area contributed by atoms with Crippen molar-refractivity contribution < 1.29 is 18.7 Å². The number of hydrogen-bond acceptors (Lipinski definition) is 4. The molecular formula is C13H18FNO3. The average molecular weight is 255 g/mol. The maximum atomic E-state index is 13.8. The van der Waals surface area contributed by atoms with Crippen molar-refractivity contribution in [1.29, 1.82) is 0 Å². The predicted octanol–water partition coefficient (Wildman–Crippen LogP) is 1.45. The van der Waals surface area contributed by atoms with Gasteiger partial charge < -0.3 is 9.47 Å². The summed E-state index contributed by atoms with van der Waals surface area (Å²) >= 11 is 0. The lowest BCUT2D eigenvalue weighted by Crippen LogP contribution is -2.49. The Hall–Kier alpha value is -1.46. The van der Waals surface area contributed by atoms with Gasteiger partial charge in [0.25, 0.3) is 0 Å². The first-order valence-electron chi connectivity index (χ1n) is 5.63. The normalized spacial score (nSPS) is 14.0. The summed E-state index contributed by atoms with van der Waals surface area (Å²) in [7, 11) is 2.83. The molecule has 0 aromatic heterocycles. The Bertz CT molecular complexity index is 411. The Morgan fingerprint density at radius 2 is 2.06 bits per heavy atom. The zero-order valence-electron chi connectivity index (χ0n) is 10.8.